The Labute approximate surface area is 397 Å². The molecule has 1 aromatic heterocycles. The van der Waals surface area contributed by atoms with Gasteiger partial charge in [0.25, 0.3) is 5.91 Å². The summed E-state index contributed by atoms with van der Waals surface area (Å²) >= 11 is 0. The van der Waals surface area contributed by atoms with E-state index in [0.717, 1.165) is 0 Å². The van der Waals surface area contributed by atoms with Crippen LogP contribution in [0.4, 0.5) is 16.2 Å². The van der Waals surface area contributed by atoms with Gasteiger partial charge in [0.2, 0.25) is 10.9 Å². The number of hydrogen-bond acceptors (Lipinski definition) is 17. The largest absolute Gasteiger partial charge is 0.507 e. The first-order valence-electron chi connectivity index (χ1n) is 23.0. The van der Waals surface area contributed by atoms with Gasteiger partial charge in [-0.1, -0.05) is 45.9 Å². The molecule has 19 heteroatoms. The van der Waals surface area contributed by atoms with Crippen molar-refractivity contribution < 1.29 is 63.2 Å². The van der Waals surface area contributed by atoms with E-state index in [1.165, 1.54) is 59.5 Å². The number of phenolic OH excluding ortho intramolecular Hbond substituents is 1. The second kappa shape index (κ2) is 20.4. The van der Waals surface area contributed by atoms with Crippen LogP contribution in [0.25, 0.3) is 38.7 Å². The number of nitrogens with zero attached hydrogens (tertiary/aromatic N) is 2. The summed E-state index contributed by atoms with van der Waals surface area (Å²) in [5, 5.41) is 63.0. The molecule has 2 amide bonds. The van der Waals surface area contributed by atoms with Crippen LogP contribution in [-0.2, 0) is 23.7 Å². The number of alkyl carbamates (subject to hydrolysis) is 1. The van der Waals surface area contributed by atoms with Crippen molar-refractivity contribution >= 4 is 62.1 Å². The number of aromatic nitrogens is 1. The van der Waals surface area contributed by atoms with Gasteiger partial charge in [-0.15, -0.1) is 0 Å². The summed E-state index contributed by atoms with van der Waals surface area (Å²) in [4.78, 5) is 61.9. The predicted molar refractivity (Wildman–Crippen MR) is 257 cm³/mol. The number of aliphatic hydroxyl groups excluding tert-OH is 4. The number of aromatic hydroxyl groups is 1. The summed E-state index contributed by atoms with van der Waals surface area (Å²) in [5.41, 5.74) is -1.86. The Morgan fingerprint density at radius 3 is 2.29 bits per heavy atom. The molecule has 3 aliphatic rings. The molecule has 4 aromatic rings. The van der Waals surface area contributed by atoms with E-state index in [2.05, 4.69) is 10.6 Å². The van der Waals surface area contributed by atoms with E-state index in [1.807, 2.05) is 4.90 Å². The van der Waals surface area contributed by atoms with Gasteiger partial charge in [0.1, 0.15) is 29.3 Å². The van der Waals surface area contributed by atoms with Crippen LogP contribution in [0.5, 0.6) is 11.5 Å². The van der Waals surface area contributed by atoms with E-state index in [0.29, 0.717) is 31.6 Å². The molecule has 0 spiro atoms. The number of aliphatic hydroxyl groups is 4. The molecule has 7 rings (SSSR count). The number of allylic oxidation sites excluding steroid dienone is 2. The van der Waals surface area contributed by atoms with Crippen molar-refractivity contribution in [2.24, 2.45) is 23.7 Å². The zero-order valence-electron chi connectivity index (χ0n) is 40.2. The van der Waals surface area contributed by atoms with Crippen molar-refractivity contribution in [2.75, 3.05) is 50.7 Å². The van der Waals surface area contributed by atoms with Crippen molar-refractivity contribution in [1.82, 2.24) is 10.3 Å². The number of benzene rings is 3. The van der Waals surface area contributed by atoms with E-state index in [1.54, 1.807) is 45.9 Å². The number of carbonyl (C=O) groups excluding carboxylic acids is 2. The molecule has 0 unspecified atom stereocenters. The third-order valence-electron chi connectivity index (χ3n) is 13.9. The number of phenols is 1. The fourth-order valence-corrected chi connectivity index (χ4v) is 9.38. The zero-order chi connectivity index (χ0) is 50.2. The number of piperidine rings is 1. The van der Waals surface area contributed by atoms with Gasteiger partial charge in [-0.25, -0.2) is 9.78 Å². The van der Waals surface area contributed by atoms with Gasteiger partial charge in [0, 0.05) is 98.3 Å². The van der Waals surface area contributed by atoms with Crippen LogP contribution in [-0.4, -0.2) is 119 Å². The van der Waals surface area contributed by atoms with Gasteiger partial charge in [-0.05, 0) is 32.8 Å². The number of rotatable bonds is 6. The van der Waals surface area contributed by atoms with Crippen LogP contribution >= 0.6 is 0 Å². The number of anilines is 2. The Kier molecular flexibility index (Phi) is 15.0. The molecule has 1 fully saturated rings. The van der Waals surface area contributed by atoms with E-state index in [9.17, 15) is 44.7 Å². The maximum Gasteiger partial charge on any atom is 0.407 e. The molecule has 3 aliphatic heterocycles. The normalized spacial score (nSPS) is 29.1. The fraction of sp³-hybridized carbons (Fsp3) is 0.500. The van der Waals surface area contributed by atoms with Crippen molar-refractivity contribution in [1.29, 1.82) is 0 Å². The molecular formula is C50H62N4O15. The molecule has 1 saturated heterocycles. The van der Waals surface area contributed by atoms with Gasteiger partial charge in [0.15, 0.2) is 22.4 Å². The second-order valence-electron chi connectivity index (χ2n) is 18.5. The SMILES string of the molecule is COCCOC(=O)NC1CCN(c2cc(=O)c3nc4c(oc3c2)c2c(=O)c3c(O)c(C)c5c(c34)=C(O)[C@@](C)(O/C=C/[C@H](OC)[C@H](C)[C@@H](O)[C@@H](C)[C@H](O)[C@H](C)[C@@H](O)[C@@H](C)/C=C/C=C(/C)C(=O)N2)O5)CC1. The van der Waals surface area contributed by atoms with Crippen molar-refractivity contribution in [3.8, 4) is 11.5 Å². The third kappa shape index (κ3) is 9.70. The lowest BCUT2D eigenvalue weighted by Gasteiger charge is -2.36. The summed E-state index contributed by atoms with van der Waals surface area (Å²) < 4.78 is 34.6. The van der Waals surface area contributed by atoms with Gasteiger partial charge in [-0.3, -0.25) is 14.4 Å². The number of nitrogens with one attached hydrogen (secondary N) is 2. The molecular weight excluding hydrogens is 897 g/mol. The van der Waals surface area contributed by atoms with Crippen molar-refractivity contribution in [3.05, 3.63) is 79.5 Å². The number of ether oxygens (including phenoxy) is 5. The lowest BCUT2D eigenvalue weighted by molar-refractivity contribution is -0.112. The standard InChI is InChI=1S/C50H62N4O15/c1-23-11-10-12-24(2)48(62)53-39-44(60)35-34(38-46(39)68-33-22-30(21-31(55)37(33)52-38)54-16-13-29(14-17-54)51-49(63)66-20-19-64-8)36-45(28(6)43(35)59)69-50(7,47(36)61)67-18-15-32(65-9)25(3)41(57)27(5)42(58)26(4)40(23)56/h10-12,15,18,21-23,25-27,29,32,40-42,56-59,61H,13-14,16-17,19-20H2,1-9H3,(H,51,63)(H,53,62)/b11-10+,18-15+,24-12-/t23-,25-,26+,27+,32-,40-,41+,42+,50-/m0/s1. The lowest BCUT2D eigenvalue weighted by atomic mass is 9.78. The molecule has 7 N–H and O–H groups in total. The Morgan fingerprint density at radius 2 is 1.61 bits per heavy atom. The average molecular weight is 959 g/mol. The summed E-state index contributed by atoms with van der Waals surface area (Å²) in [6.45, 7) is 12.5. The minimum Gasteiger partial charge on any atom is -0.507 e. The Morgan fingerprint density at radius 1 is 0.928 bits per heavy atom. The zero-order valence-corrected chi connectivity index (χ0v) is 40.2. The van der Waals surface area contributed by atoms with Crippen LogP contribution in [0.15, 0.2) is 62.3 Å². The Balaban J connectivity index is 1.40. The molecule has 9 atom stereocenters. The highest BCUT2D eigenvalue weighted by Crippen LogP contribution is 2.42. The smallest absolute Gasteiger partial charge is 0.407 e. The van der Waals surface area contributed by atoms with E-state index < -0.39 is 93.9 Å². The van der Waals surface area contributed by atoms with Gasteiger partial charge < -0.3 is 69.2 Å². The number of hydrogen-bond donors (Lipinski definition) is 7. The van der Waals surface area contributed by atoms with Gasteiger partial charge in [0.05, 0.1) is 47.9 Å². The molecule has 4 heterocycles. The number of methoxy groups -OCH3 is 2. The highest BCUT2D eigenvalue weighted by atomic mass is 16.7. The Hall–Kier alpha value is -6.25. The first-order valence-corrected chi connectivity index (χ1v) is 23.0. The van der Waals surface area contributed by atoms with Gasteiger partial charge >= 0.3 is 11.9 Å². The molecule has 0 aliphatic carbocycles. The molecule has 0 saturated carbocycles. The van der Waals surface area contributed by atoms with Crippen LogP contribution in [0, 0.1) is 30.6 Å². The maximum atomic E-state index is 14.9. The van der Waals surface area contributed by atoms with Crippen molar-refractivity contribution in [3.63, 3.8) is 0 Å². The predicted octanol–water partition coefficient (Wildman–Crippen LogP) is 4.33. The molecule has 19 nitrogen and oxygen atoms in total. The van der Waals surface area contributed by atoms with Crippen LogP contribution in [0.3, 0.4) is 0 Å². The summed E-state index contributed by atoms with van der Waals surface area (Å²) in [7, 11) is 2.94. The quantitative estimate of drug-likeness (QED) is 0.0805. The van der Waals surface area contributed by atoms with E-state index in [4.69, 9.17) is 33.1 Å². The lowest BCUT2D eigenvalue weighted by Crippen LogP contribution is -2.45. The van der Waals surface area contributed by atoms with Crippen LogP contribution in [0.2, 0.25) is 0 Å². The van der Waals surface area contributed by atoms with E-state index >= 15 is 0 Å². The molecule has 5 bridgehead atoms. The maximum absolute atomic E-state index is 14.9. The van der Waals surface area contributed by atoms with Gasteiger partial charge in [-0.2, -0.15) is 0 Å². The summed E-state index contributed by atoms with van der Waals surface area (Å²) in [5.74, 6) is -6.44. The van der Waals surface area contributed by atoms with Crippen molar-refractivity contribution in [2.45, 2.75) is 97.6 Å². The first-order chi connectivity index (χ1) is 32.7. The van der Waals surface area contributed by atoms with Crippen LogP contribution < -0.4 is 36.3 Å². The molecule has 69 heavy (non-hydrogen) atoms. The minimum absolute atomic E-state index is 0.0337. The number of fused-ring (bicyclic) bond motifs is 5. The monoisotopic (exact) mass is 958 g/mol. The Bertz CT molecular complexity index is 2910. The summed E-state index contributed by atoms with van der Waals surface area (Å²) in [6.07, 6.45) is 3.82. The third-order valence-corrected chi connectivity index (χ3v) is 13.9. The molecule has 0 radical (unpaired) electrons. The minimum atomic E-state index is -1.98. The highest BCUT2D eigenvalue weighted by molar-refractivity contribution is 6.16. The summed E-state index contributed by atoms with van der Waals surface area (Å²) in [6, 6.07) is 2.81. The average Bonchev–Trinajstić information content (AvgIpc) is 3.59. The van der Waals surface area contributed by atoms with E-state index in [-0.39, 0.29) is 74.3 Å². The number of carbonyl (C=O) groups is 2. The van der Waals surface area contributed by atoms with Crippen LogP contribution in [0.1, 0.15) is 59.9 Å². The molecule has 3 aromatic carbocycles. The fourth-order valence-electron chi connectivity index (χ4n) is 9.38. The number of amides is 2. The second-order valence-corrected chi connectivity index (χ2v) is 18.5. The highest BCUT2D eigenvalue weighted by Gasteiger charge is 2.44. The first kappa shape index (κ1) is 50.6. The topological polar surface area (TPSA) is 269 Å². The molecule has 372 valence electrons.